The number of aliphatic hydroxyl groups excluding tert-OH is 2. The van der Waals surface area contributed by atoms with Gasteiger partial charge in [0.05, 0.1) is 27.3 Å². The first-order valence-electron chi connectivity index (χ1n) is 5.47. The van der Waals surface area contributed by atoms with Crippen LogP contribution in [0.25, 0.3) is 0 Å². The molecule has 114 valence electrons. The van der Waals surface area contributed by atoms with Gasteiger partial charge in [0, 0.05) is 0 Å². The summed E-state index contributed by atoms with van der Waals surface area (Å²) in [4.78, 5) is 22.8. The maximum atomic E-state index is 11.4. The highest BCUT2D eigenvalue weighted by molar-refractivity contribution is 5.93. The number of amides is 2. The van der Waals surface area contributed by atoms with Gasteiger partial charge in [0.1, 0.15) is 0 Å². The van der Waals surface area contributed by atoms with Crippen molar-refractivity contribution >= 4 is 23.6 Å². The third-order valence-corrected chi connectivity index (χ3v) is 2.18. The van der Waals surface area contributed by atoms with Gasteiger partial charge in [0.25, 0.3) is 11.8 Å². The SMILES string of the molecule is COC(=N)CNC(=O)C(O)C(O)C(=O)NCC(=N)OC. The Bertz CT molecular complexity index is 350. The summed E-state index contributed by atoms with van der Waals surface area (Å²) in [5.41, 5.74) is 0. The lowest BCUT2D eigenvalue weighted by molar-refractivity contribution is -0.145. The lowest BCUT2D eigenvalue weighted by Gasteiger charge is -2.17. The highest BCUT2D eigenvalue weighted by Gasteiger charge is 2.30. The quantitative estimate of drug-likeness (QED) is 0.219. The van der Waals surface area contributed by atoms with Crippen LogP contribution in [0.15, 0.2) is 0 Å². The first-order chi connectivity index (χ1) is 9.33. The molecule has 0 aromatic carbocycles. The average Bonchev–Trinajstić information content (AvgIpc) is 2.47. The summed E-state index contributed by atoms with van der Waals surface area (Å²) in [5.74, 6) is -2.57. The van der Waals surface area contributed by atoms with Crippen molar-refractivity contribution in [1.29, 1.82) is 10.8 Å². The molecule has 2 atom stereocenters. The number of nitrogens with one attached hydrogen (secondary N) is 4. The topological polar surface area (TPSA) is 165 Å². The predicted molar refractivity (Wildman–Crippen MR) is 67.5 cm³/mol. The first kappa shape index (κ1) is 17.8. The fraction of sp³-hybridized carbons (Fsp3) is 0.600. The number of carbonyl (C=O) groups is 2. The zero-order valence-corrected chi connectivity index (χ0v) is 11.1. The van der Waals surface area contributed by atoms with Crippen molar-refractivity contribution in [1.82, 2.24) is 10.6 Å². The molecule has 2 unspecified atom stereocenters. The molecule has 0 heterocycles. The van der Waals surface area contributed by atoms with E-state index in [1.165, 1.54) is 14.2 Å². The van der Waals surface area contributed by atoms with Crippen LogP contribution in [0.3, 0.4) is 0 Å². The first-order valence-corrected chi connectivity index (χ1v) is 5.47. The van der Waals surface area contributed by atoms with Crippen LogP contribution in [0.4, 0.5) is 0 Å². The Morgan fingerprint density at radius 1 is 0.950 bits per heavy atom. The van der Waals surface area contributed by atoms with E-state index in [1.807, 2.05) is 0 Å². The number of aliphatic hydroxyl groups is 2. The maximum absolute atomic E-state index is 11.4. The minimum atomic E-state index is -2.00. The summed E-state index contributed by atoms with van der Waals surface area (Å²) >= 11 is 0. The fourth-order valence-electron chi connectivity index (χ4n) is 0.975. The molecular formula is C10H18N4O6. The summed E-state index contributed by atoms with van der Waals surface area (Å²) in [6, 6.07) is 0. The second-order valence-electron chi connectivity index (χ2n) is 3.58. The van der Waals surface area contributed by atoms with Crippen LogP contribution in [0, 0.1) is 10.8 Å². The Morgan fingerprint density at radius 2 is 1.25 bits per heavy atom. The molecule has 0 aliphatic heterocycles. The Kier molecular flexibility index (Phi) is 7.85. The van der Waals surface area contributed by atoms with Crippen LogP contribution in [0.2, 0.25) is 0 Å². The van der Waals surface area contributed by atoms with Gasteiger partial charge in [0.15, 0.2) is 24.0 Å². The lowest BCUT2D eigenvalue weighted by atomic mass is 10.2. The largest absolute Gasteiger partial charge is 0.483 e. The van der Waals surface area contributed by atoms with Gasteiger partial charge >= 0.3 is 0 Å². The number of methoxy groups -OCH3 is 2. The number of ether oxygens (including phenoxy) is 2. The molecule has 10 nitrogen and oxygen atoms in total. The van der Waals surface area contributed by atoms with Crippen LogP contribution in [-0.2, 0) is 19.1 Å². The molecule has 0 aliphatic carbocycles. The van der Waals surface area contributed by atoms with E-state index in [-0.39, 0.29) is 24.9 Å². The Labute approximate surface area is 115 Å². The van der Waals surface area contributed by atoms with E-state index >= 15 is 0 Å². The van der Waals surface area contributed by atoms with Crippen molar-refractivity contribution in [3.63, 3.8) is 0 Å². The second-order valence-corrected chi connectivity index (χ2v) is 3.58. The van der Waals surface area contributed by atoms with Gasteiger partial charge < -0.3 is 30.3 Å². The fourth-order valence-corrected chi connectivity index (χ4v) is 0.975. The normalized spacial score (nSPS) is 12.8. The highest BCUT2D eigenvalue weighted by Crippen LogP contribution is 1.94. The molecule has 0 rings (SSSR count). The molecule has 0 spiro atoms. The van der Waals surface area contributed by atoms with E-state index in [0.29, 0.717) is 0 Å². The number of hydrogen-bond acceptors (Lipinski definition) is 8. The van der Waals surface area contributed by atoms with Crippen molar-refractivity contribution in [2.24, 2.45) is 0 Å². The predicted octanol–water partition coefficient (Wildman–Crippen LogP) is -2.81. The molecule has 0 saturated carbocycles. The summed E-state index contributed by atoms with van der Waals surface area (Å²) < 4.78 is 8.95. The second kappa shape index (κ2) is 8.82. The van der Waals surface area contributed by atoms with Gasteiger partial charge in [0.2, 0.25) is 0 Å². The zero-order chi connectivity index (χ0) is 15.7. The van der Waals surface area contributed by atoms with Gasteiger partial charge in [-0.15, -0.1) is 0 Å². The van der Waals surface area contributed by atoms with Gasteiger partial charge in [-0.05, 0) is 0 Å². The Balaban J connectivity index is 4.27. The van der Waals surface area contributed by atoms with Crippen LogP contribution in [-0.4, -0.2) is 73.3 Å². The van der Waals surface area contributed by atoms with Crippen LogP contribution < -0.4 is 10.6 Å². The number of carbonyl (C=O) groups excluding carboxylic acids is 2. The average molecular weight is 290 g/mol. The number of rotatable bonds is 7. The summed E-state index contributed by atoms with van der Waals surface area (Å²) in [6.45, 7) is -0.565. The summed E-state index contributed by atoms with van der Waals surface area (Å²) in [6.07, 6.45) is -4.01. The molecule has 0 bridgehead atoms. The third-order valence-electron chi connectivity index (χ3n) is 2.18. The lowest BCUT2D eigenvalue weighted by Crippen LogP contribution is -2.51. The monoisotopic (exact) mass is 290 g/mol. The molecule has 0 fully saturated rings. The van der Waals surface area contributed by atoms with Crippen LogP contribution in [0.5, 0.6) is 0 Å². The van der Waals surface area contributed by atoms with Crippen LogP contribution >= 0.6 is 0 Å². The van der Waals surface area contributed by atoms with E-state index < -0.39 is 24.0 Å². The molecule has 6 N–H and O–H groups in total. The van der Waals surface area contributed by atoms with E-state index in [0.717, 1.165) is 0 Å². The minimum Gasteiger partial charge on any atom is -0.483 e. The van der Waals surface area contributed by atoms with Gasteiger partial charge in [-0.25, -0.2) is 0 Å². The van der Waals surface area contributed by atoms with E-state index in [2.05, 4.69) is 20.1 Å². The van der Waals surface area contributed by atoms with Crippen LogP contribution in [0.1, 0.15) is 0 Å². The molecule has 0 aliphatic rings. The van der Waals surface area contributed by atoms with Gasteiger partial charge in [-0.3, -0.25) is 20.4 Å². The summed E-state index contributed by atoms with van der Waals surface area (Å²) in [7, 11) is 2.47. The molecule has 0 aromatic heterocycles. The van der Waals surface area contributed by atoms with Crippen molar-refractivity contribution in [2.75, 3.05) is 27.3 Å². The van der Waals surface area contributed by atoms with E-state index in [1.54, 1.807) is 0 Å². The van der Waals surface area contributed by atoms with Crippen molar-refractivity contribution in [2.45, 2.75) is 12.2 Å². The maximum Gasteiger partial charge on any atom is 0.252 e. The van der Waals surface area contributed by atoms with E-state index in [9.17, 15) is 19.8 Å². The third kappa shape index (κ3) is 6.11. The number of hydrogen-bond donors (Lipinski definition) is 6. The molecule has 0 aromatic rings. The Hall–Kier alpha value is -2.20. The smallest absolute Gasteiger partial charge is 0.252 e. The zero-order valence-electron chi connectivity index (χ0n) is 11.1. The minimum absolute atomic E-state index is 0.252. The van der Waals surface area contributed by atoms with Crippen molar-refractivity contribution < 1.29 is 29.3 Å². The van der Waals surface area contributed by atoms with Gasteiger partial charge in [-0.1, -0.05) is 0 Å². The van der Waals surface area contributed by atoms with Gasteiger partial charge in [-0.2, -0.15) is 0 Å². The summed E-state index contributed by atoms with van der Waals surface area (Å²) in [5, 5.41) is 37.3. The highest BCUT2D eigenvalue weighted by atomic mass is 16.5. The molecular weight excluding hydrogens is 272 g/mol. The van der Waals surface area contributed by atoms with Crippen molar-refractivity contribution in [3.05, 3.63) is 0 Å². The molecule has 20 heavy (non-hydrogen) atoms. The molecule has 10 heteroatoms. The molecule has 0 saturated heterocycles. The molecule has 2 amide bonds. The Morgan fingerprint density at radius 3 is 1.50 bits per heavy atom. The van der Waals surface area contributed by atoms with Crippen molar-refractivity contribution in [3.8, 4) is 0 Å². The standard InChI is InChI=1S/C10H18N4O6/c1-19-5(11)3-13-9(17)7(15)8(16)10(18)14-4-6(12)20-2/h7-8,11-12,15-16H,3-4H2,1-2H3,(H,13,17)(H,14,18). The van der Waals surface area contributed by atoms with E-state index in [4.69, 9.17) is 10.8 Å². The molecule has 0 radical (unpaired) electrons.